The molecule has 0 saturated carbocycles. The van der Waals surface area contributed by atoms with Gasteiger partial charge in [0.2, 0.25) is 0 Å². The summed E-state index contributed by atoms with van der Waals surface area (Å²) in [6.45, 7) is 2.78. The molecule has 0 bridgehead atoms. The fourth-order valence-electron chi connectivity index (χ4n) is 2.29. The largest absolute Gasteiger partial charge is 0.338 e. The molecule has 2 rings (SSSR count). The van der Waals surface area contributed by atoms with Crippen molar-refractivity contribution in [3.63, 3.8) is 0 Å². The second kappa shape index (κ2) is 5.98. The highest BCUT2D eigenvalue weighted by Gasteiger charge is 2.24. The predicted octanol–water partition coefficient (Wildman–Crippen LogP) is 2.58. The highest BCUT2D eigenvalue weighted by atomic mass is 79.9. The summed E-state index contributed by atoms with van der Waals surface area (Å²) in [5.41, 5.74) is 0. The van der Waals surface area contributed by atoms with Gasteiger partial charge in [-0.05, 0) is 60.4 Å². The van der Waals surface area contributed by atoms with Gasteiger partial charge < -0.3 is 10.2 Å². The Bertz CT molecular complexity index is 392. The third-order valence-electron chi connectivity index (χ3n) is 3.08. The lowest BCUT2D eigenvalue weighted by Crippen LogP contribution is -2.42. The number of carbonyl (C=O) groups is 1. The third kappa shape index (κ3) is 3.30. The van der Waals surface area contributed by atoms with Crippen molar-refractivity contribution in [2.24, 2.45) is 5.92 Å². The Morgan fingerprint density at radius 3 is 3.12 bits per heavy atom. The lowest BCUT2D eigenvalue weighted by atomic mass is 9.98. The molecule has 1 saturated heterocycles. The summed E-state index contributed by atoms with van der Waals surface area (Å²) >= 11 is 4.91. The number of halogens is 1. The van der Waals surface area contributed by atoms with Gasteiger partial charge in [0.05, 0.1) is 8.66 Å². The number of likely N-dealkylation sites (tertiary alicyclic amines) is 1. The number of hydrogen-bond donors (Lipinski definition) is 1. The van der Waals surface area contributed by atoms with E-state index in [1.54, 1.807) is 0 Å². The molecule has 3 nitrogen and oxygen atoms in total. The Kier molecular flexibility index (Phi) is 4.59. The van der Waals surface area contributed by atoms with Gasteiger partial charge in [-0.3, -0.25) is 4.79 Å². The monoisotopic (exact) mass is 316 g/mol. The second-order valence-corrected chi connectivity index (χ2v) is 6.88. The number of nitrogens with one attached hydrogen (secondary N) is 1. The molecule has 0 spiro atoms. The summed E-state index contributed by atoms with van der Waals surface area (Å²) in [5, 5.41) is 3.20. The third-order valence-corrected chi connectivity index (χ3v) is 4.69. The van der Waals surface area contributed by atoms with Crippen LogP contribution in [0.5, 0.6) is 0 Å². The molecule has 1 atom stereocenters. The van der Waals surface area contributed by atoms with Crippen molar-refractivity contribution in [2.75, 3.05) is 26.7 Å². The molecule has 1 aromatic rings. The van der Waals surface area contributed by atoms with E-state index in [0.29, 0.717) is 5.92 Å². The summed E-state index contributed by atoms with van der Waals surface area (Å²) in [6.07, 6.45) is 2.34. The summed E-state index contributed by atoms with van der Waals surface area (Å²) < 4.78 is 1.02. The van der Waals surface area contributed by atoms with Crippen molar-refractivity contribution in [3.05, 3.63) is 20.8 Å². The van der Waals surface area contributed by atoms with E-state index in [9.17, 15) is 4.79 Å². The quantitative estimate of drug-likeness (QED) is 0.929. The molecule has 0 aliphatic carbocycles. The Hall–Kier alpha value is -0.390. The Morgan fingerprint density at radius 2 is 2.47 bits per heavy atom. The first-order valence-corrected chi connectivity index (χ1v) is 7.51. The van der Waals surface area contributed by atoms with Gasteiger partial charge in [-0.15, -0.1) is 11.3 Å². The molecule has 1 N–H and O–H groups in total. The first-order valence-electron chi connectivity index (χ1n) is 5.90. The van der Waals surface area contributed by atoms with E-state index in [-0.39, 0.29) is 5.91 Å². The van der Waals surface area contributed by atoms with Gasteiger partial charge in [0.1, 0.15) is 0 Å². The van der Waals surface area contributed by atoms with Gasteiger partial charge in [-0.2, -0.15) is 0 Å². The van der Waals surface area contributed by atoms with Crippen molar-refractivity contribution < 1.29 is 4.79 Å². The zero-order valence-corrected chi connectivity index (χ0v) is 12.3. The van der Waals surface area contributed by atoms with Crippen LogP contribution in [-0.4, -0.2) is 37.5 Å². The molecule has 2 heterocycles. The topological polar surface area (TPSA) is 32.3 Å². The van der Waals surface area contributed by atoms with Crippen LogP contribution in [0.3, 0.4) is 0 Å². The maximum atomic E-state index is 12.3. The van der Waals surface area contributed by atoms with Crippen LogP contribution in [0.15, 0.2) is 15.9 Å². The van der Waals surface area contributed by atoms with Crippen molar-refractivity contribution in [1.82, 2.24) is 10.2 Å². The molecule has 1 amide bonds. The molecule has 0 radical (unpaired) electrons. The zero-order valence-electron chi connectivity index (χ0n) is 9.91. The average Bonchev–Trinajstić information content (AvgIpc) is 2.76. The molecular formula is C12H17BrN2OS. The van der Waals surface area contributed by atoms with Gasteiger partial charge in [-0.25, -0.2) is 0 Å². The molecular weight excluding hydrogens is 300 g/mol. The van der Waals surface area contributed by atoms with Crippen LogP contribution in [0.25, 0.3) is 0 Å². The van der Waals surface area contributed by atoms with E-state index in [2.05, 4.69) is 21.2 Å². The molecule has 1 aliphatic heterocycles. The van der Waals surface area contributed by atoms with E-state index in [0.717, 1.165) is 34.7 Å². The van der Waals surface area contributed by atoms with Crippen molar-refractivity contribution in [2.45, 2.75) is 12.8 Å². The highest BCUT2D eigenvalue weighted by molar-refractivity contribution is 9.11. The van der Waals surface area contributed by atoms with Gasteiger partial charge >= 0.3 is 0 Å². The normalized spacial score (nSPS) is 20.6. The van der Waals surface area contributed by atoms with E-state index >= 15 is 0 Å². The molecule has 17 heavy (non-hydrogen) atoms. The minimum atomic E-state index is 0.182. The van der Waals surface area contributed by atoms with Gasteiger partial charge in [0, 0.05) is 13.1 Å². The predicted molar refractivity (Wildman–Crippen MR) is 74.6 cm³/mol. The van der Waals surface area contributed by atoms with E-state index in [1.807, 2.05) is 24.1 Å². The lowest BCUT2D eigenvalue weighted by Gasteiger charge is -2.32. The summed E-state index contributed by atoms with van der Waals surface area (Å²) in [6, 6.07) is 3.84. The second-order valence-electron chi connectivity index (χ2n) is 4.42. The minimum Gasteiger partial charge on any atom is -0.338 e. The summed E-state index contributed by atoms with van der Waals surface area (Å²) in [5.74, 6) is 0.780. The smallest absolute Gasteiger partial charge is 0.263 e. The molecule has 1 aromatic heterocycles. The van der Waals surface area contributed by atoms with Crippen molar-refractivity contribution in [3.8, 4) is 0 Å². The zero-order chi connectivity index (χ0) is 12.3. The van der Waals surface area contributed by atoms with Crippen molar-refractivity contribution >= 4 is 33.2 Å². The number of rotatable bonds is 3. The Morgan fingerprint density at radius 1 is 1.65 bits per heavy atom. The van der Waals surface area contributed by atoms with Crippen LogP contribution in [0.2, 0.25) is 0 Å². The van der Waals surface area contributed by atoms with Crippen LogP contribution >= 0.6 is 27.3 Å². The molecule has 0 unspecified atom stereocenters. The summed E-state index contributed by atoms with van der Waals surface area (Å²) in [7, 11) is 1.97. The first kappa shape index (κ1) is 13.1. The van der Waals surface area contributed by atoms with Crippen LogP contribution in [0.4, 0.5) is 0 Å². The van der Waals surface area contributed by atoms with Crippen molar-refractivity contribution in [1.29, 1.82) is 0 Å². The highest BCUT2D eigenvalue weighted by Crippen LogP contribution is 2.25. The number of piperidine rings is 1. The Labute approximate surface area is 114 Å². The minimum absolute atomic E-state index is 0.182. The molecule has 1 fully saturated rings. The van der Waals surface area contributed by atoms with Crippen LogP contribution < -0.4 is 5.32 Å². The SMILES string of the molecule is CNC[C@@H]1CCCN(C(=O)c2ccc(Br)s2)C1. The summed E-state index contributed by atoms with van der Waals surface area (Å²) in [4.78, 5) is 15.1. The number of thiophene rings is 1. The first-order chi connectivity index (χ1) is 8.20. The maximum absolute atomic E-state index is 12.3. The fraction of sp³-hybridized carbons (Fsp3) is 0.583. The molecule has 0 aromatic carbocycles. The average molecular weight is 317 g/mol. The van der Waals surface area contributed by atoms with Gasteiger partial charge in [0.15, 0.2) is 0 Å². The number of amides is 1. The van der Waals surface area contributed by atoms with Gasteiger partial charge in [0.25, 0.3) is 5.91 Å². The lowest BCUT2D eigenvalue weighted by molar-refractivity contribution is 0.0679. The maximum Gasteiger partial charge on any atom is 0.263 e. The van der Waals surface area contributed by atoms with E-state index < -0.39 is 0 Å². The van der Waals surface area contributed by atoms with Crippen LogP contribution in [-0.2, 0) is 0 Å². The number of hydrogen-bond acceptors (Lipinski definition) is 3. The number of carbonyl (C=O) groups excluding carboxylic acids is 1. The fourth-order valence-corrected chi connectivity index (χ4v) is 3.64. The molecule has 5 heteroatoms. The van der Waals surface area contributed by atoms with Gasteiger partial charge in [-0.1, -0.05) is 0 Å². The van der Waals surface area contributed by atoms with E-state index in [4.69, 9.17) is 0 Å². The van der Waals surface area contributed by atoms with E-state index in [1.165, 1.54) is 17.8 Å². The molecule has 94 valence electrons. The van der Waals surface area contributed by atoms with Crippen LogP contribution in [0, 0.1) is 5.92 Å². The van der Waals surface area contributed by atoms with Crippen LogP contribution in [0.1, 0.15) is 22.5 Å². The Balaban J connectivity index is 1.99. The number of nitrogens with zero attached hydrogens (tertiary/aromatic N) is 1. The molecule has 1 aliphatic rings. The standard InChI is InChI=1S/C12H17BrN2OS/c1-14-7-9-3-2-6-15(8-9)12(16)10-4-5-11(13)17-10/h4-5,9,14H,2-3,6-8H2,1H3/t9-/m0/s1.